The van der Waals surface area contributed by atoms with Crippen molar-refractivity contribution >= 4 is 6.16 Å². The number of aliphatic hydroxyl groups is 1. The molecule has 1 N–H and O–H groups in total. The summed E-state index contributed by atoms with van der Waals surface area (Å²) in [7, 11) is 1.52. The second kappa shape index (κ2) is 5.79. The van der Waals surface area contributed by atoms with Gasteiger partial charge in [0.1, 0.15) is 12.7 Å². The number of aliphatic hydroxyl groups excluding tert-OH is 1. The molecule has 1 saturated heterocycles. The lowest BCUT2D eigenvalue weighted by atomic mass is 10.0. The van der Waals surface area contributed by atoms with E-state index in [4.69, 9.17) is 14.2 Å². The van der Waals surface area contributed by atoms with Crippen LogP contribution in [0.3, 0.4) is 0 Å². The highest BCUT2D eigenvalue weighted by Gasteiger charge is 2.32. The molecule has 0 aliphatic carbocycles. The van der Waals surface area contributed by atoms with Crippen LogP contribution in [0.25, 0.3) is 0 Å². The average molecular weight is 268 g/mol. The van der Waals surface area contributed by atoms with E-state index in [1.807, 2.05) is 6.92 Å². The van der Waals surface area contributed by atoms with Crippen molar-refractivity contribution in [2.75, 3.05) is 20.3 Å². The van der Waals surface area contributed by atoms with Crippen molar-refractivity contribution in [3.05, 3.63) is 23.8 Å². The maximum absolute atomic E-state index is 10.9. The molecular weight excluding hydrogens is 252 g/mol. The second-order valence-electron chi connectivity index (χ2n) is 4.01. The van der Waals surface area contributed by atoms with E-state index in [1.165, 1.54) is 7.11 Å². The molecule has 0 aromatic heterocycles. The van der Waals surface area contributed by atoms with Gasteiger partial charge in [0.05, 0.1) is 13.7 Å². The molecule has 19 heavy (non-hydrogen) atoms. The van der Waals surface area contributed by atoms with Crippen LogP contribution in [0, 0.1) is 0 Å². The molecule has 0 amide bonds. The molecule has 2 atom stereocenters. The summed E-state index contributed by atoms with van der Waals surface area (Å²) >= 11 is 0. The topological polar surface area (TPSA) is 74.2 Å². The lowest BCUT2D eigenvalue weighted by Crippen LogP contribution is -2.20. The van der Waals surface area contributed by atoms with E-state index in [1.54, 1.807) is 18.2 Å². The Bertz CT molecular complexity index is 458. The molecule has 1 heterocycles. The van der Waals surface area contributed by atoms with Gasteiger partial charge in [-0.2, -0.15) is 0 Å². The summed E-state index contributed by atoms with van der Waals surface area (Å²) in [5.41, 5.74) is 0.573. The zero-order valence-electron chi connectivity index (χ0n) is 10.8. The van der Waals surface area contributed by atoms with E-state index in [0.717, 1.165) is 0 Å². The smallest absolute Gasteiger partial charge is 0.493 e. The van der Waals surface area contributed by atoms with Gasteiger partial charge < -0.3 is 24.1 Å². The molecule has 6 heteroatoms. The second-order valence-corrected chi connectivity index (χ2v) is 4.01. The van der Waals surface area contributed by atoms with Gasteiger partial charge in [0, 0.05) is 0 Å². The van der Waals surface area contributed by atoms with Crippen LogP contribution < -0.4 is 9.47 Å². The van der Waals surface area contributed by atoms with Crippen LogP contribution in [-0.2, 0) is 9.47 Å². The Hall–Kier alpha value is -1.95. The van der Waals surface area contributed by atoms with E-state index >= 15 is 0 Å². The Kier molecular flexibility index (Phi) is 4.11. The van der Waals surface area contributed by atoms with E-state index in [0.29, 0.717) is 23.7 Å². The Morgan fingerprint density at radius 2 is 2.26 bits per heavy atom. The van der Waals surface area contributed by atoms with Crippen LogP contribution >= 0.6 is 0 Å². The lowest BCUT2D eigenvalue weighted by Gasteiger charge is -2.17. The first-order valence-electron chi connectivity index (χ1n) is 5.98. The zero-order chi connectivity index (χ0) is 13.8. The highest BCUT2D eigenvalue weighted by atomic mass is 16.8. The number of ether oxygens (including phenoxy) is 4. The summed E-state index contributed by atoms with van der Waals surface area (Å²) in [4.78, 5) is 10.9. The van der Waals surface area contributed by atoms with Crippen molar-refractivity contribution in [3.8, 4) is 11.5 Å². The van der Waals surface area contributed by atoms with Crippen LogP contribution in [-0.4, -0.2) is 37.7 Å². The van der Waals surface area contributed by atoms with Crippen LogP contribution in [0.1, 0.15) is 18.6 Å². The third kappa shape index (κ3) is 2.90. The molecule has 1 aliphatic rings. The van der Waals surface area contributed by atoms with E-state index in [9.17, 15) is 9.90 Å². The number of hydrogen-bond acceptors (Lipinski definition) is 6. The van der Waals surface area contributed by atoms with Gasteiger partial charge in [-0.25, -0.2) is 4.79 Å². The number of benzene rings is 1. The molecule has 0 bridgehead atoms. The van der Waals surface area contributed by atoms with E-state index < -0.39 is 18.4 Å². The SMILES string of the molecule is CCOc1ccc(C(O)C2COC(=O)O2)cc1OC. The standard InChI is InChI=1S/C13H16O6/c1-3-17-9-5-4-8(6-10(9)16-2)12(14)11-7-18-13(15)19-11/h4-6,11-12,14H,3,7H2,1-2H3. The number of rotatable bonds is 5. The van der Waals surface area contributed by atoms with Gasteiger partial charge in [-0.1, -0.05) is 6.07 Å². The Labute approximate surface area is 110 Å². The summed E-state index contributed by atoms with van der Waals surface area (Å²) in [6.07, 6.45) is -2.42. The van der Waals surface area contributed by atoms with Crippen molar-refractivity contribution < 1.29 is 28.8 Å². The number of carbonyl (C=O) groups excluding carboxylic acids is 1. The minimum atomic E-state index is -0.962. The fourth-order valence-corrected chi connectivity index (χ4v) is 1.85. The van der Waals surface area contributed by atoms with Crippen molar-refractivity contribution in [1.82, 2.24) is 0 Å². The lowest BCUT2D eigenvalue weighted by molar-refractivity contribution is 0.0317. The van der Waals surface area contributed by atoms with Gasteiger partial charge in [-0.15, -0.1) is 0 Å². The van der Waals surface area contributed by atoms with Gasteiger partial charge in [0.15, 0.2) is 17.6 Å². The molecular formula is C13H16O6. The Morgan fingerprint density at radius 3 is 2.84 bits per heavy atom. The zero-order valence-corrected chi connectivity index (χ0v) is 10.8. The number of hydrogen-bond donors (Lipinski definition) is 1. The first kappa shape index (κ1) is 13.5. The van der Waals surface area contributed by atoms with Crippen molar-refractivity contribution in [2.45, 2.75) is 19.1 Å². The molecule has 6 nitrogen and oxygen atoms in total. The minimum Gasteiger partial charge on any atom is -0.493 e. The summed E-state index contributed by atoms with van der Waals surface area (Å²) in [5.74, 6) is 1.12. The normalized spacial score (nSPS) is 19.5. The first-order valence-corrected chi connectivity index (χ1v) is 5.98. The third-order valence-corrected chi connectivity index (χ3v) is 2.79. The molecule has 104 valence electrons. The van der Waals surface area contributed by atoms with Crippen molar-refractivity contribution in [1.29, 1.82) is 0 Å². The quantitative estimate of drug-likeness (QED) is 0.819. The maximum Gasteiger partial charge on any atom is 0.508 e. The van der Waals surface area contributed by atoms with Gasteiger partial charge in [-0.05, 0) is 24.6 Å². The summed E-state index contributed by atoms with van der Waals surface area (Å²) in [6.45, 7) is 2.43. The summed E-state index contributed by atoms with van der Waals surface area (Å²) < 4.78 is 20.1. The summed E-state index contributed by atoms with van der Waals surface area (Å²) in [5, 5.41) is 10.1. The van der Waals surface area contributed by atoms with Crippen LogP contribution in [0.4, 0.5) is 4.79 Å². The highest BCUT2D eigenvalue weighted by Crippen LogP contribution is 2.32. The fourth-order valence-electron chi connectivity index (χ4n) is 1.85. The minimum absolute atomic E-state index is 0.0372. The number of cyclic esters (lactones) is 2. The molecule has 2 rings (SSSR count). The van der Waals surface area contributed by atoms with Gasteiger partial charge >= 0.3 is 6.16 Å². The largest absolute Gasteiger partial charge is 0.508 e. The molecule has 1 fully saturated rings. The highest BCUT2D eigenvalue weighted by molar-refractivity contribution is 5.62. The maximum atomic E-state index is 10.9. The molecule has 0 spiro atoms. The van der Waals surface area contributed by atoms with E-state index in [-0.39, 0.29) is 6.61 Å². The molecule has 0 saturated carbocycles. The molecule has 1 aromatic carbocycles. The molecule has 0 radical (unpaired) electrons. The molecule has 2 unspecified atom stereocenters. The Morgan fingerprint density at radius 1 is 1.47 bits per heavy atom. The van der Waals surface area contributed by atoms with Gasteiger partial charge in [0.2, 0.25) is 0 Å². The van der Waals surface area contributed by atoms with Crippen molar-refractivity contribution in [3.63, 3.8) is 0 Å². The summed E-state index contributed by atoms with van der Waals surface area (Å²) in [6, 6.07) is 5.06. The van der Waals surface area contributed by atoms with Crippen molar-refractivity contribution in [2.24, 2.45) is 0 Å². The van der Waals surface area contributed by atoms with Crippen LogP contribution in [0.2, 0.25) is 0 Å². The number of methoxy groups -OCH3 is 1. The fraction of sp³-hybridized carbons (Fsp3) is 0.462. The van der Waals surface area contributed by atoms with Gasteiger partial charge in [0.25, 0.3) is 0 Å². The van der Waals surface area contributed by atoms with Crippen LogP contribution in [0.5, 0.6) is 11.5 Å². The van der Waals surface area contributed by atoms with Gasteiger partial charge in [-0.3, -0.25) is 0 Å². The predicted octanol–water partition coefficient (Wildman–Crippen LogP) is 1.66. The Balaban J connectivity index is 2.18. The number of carbonyl (C=O) groups is 1. The predicted molar refractivity (Wildman–Crippen MR) is 65.3 cm³/mol. The molecule has 1 aliphatic heterocycles. The monoisotopic (exact) mass is 268 g/mol. The first-order chi connectivity index (χ1) is 9.15. The average Bonchev–Trinajstić information content (AvgIpc) is 2.85. The third-order valence-electron chi connectivity index (χ3n) is 2.79. The van der Waals surface area contributed by atoms with Crippen LogP contribution in [0.15, 0.2) is 18.2 Å². The molecule has 1 aromatic rings. The van der Waals surface area contributed by atoms with E-state index in [2.05, 4.69) is 4.74 Å².